The van der Waals surface area contributed by atoms with Crippen molar-refractivity contribution in [2.24, 2.45) is 0 Å². The summed E-state index contributed by atoms with van der Waals surface area (Å²) in [6, 6.07) is 10.0. The molecule has 2 rings (SSSR count). The number of aryl methyl sites for hydroxylation is 1. The highest BCUT2D eigenvalue weighted by Crippen LogP contribution is 2.35. The van der Waals surface area contributed by atoms with Crippen LogP contribution in [0.1, 0.15) is 17.5 Å². The lowest BCUT2D eigenvalue weighted by Gasteiger charge is -2.26. The van der Waals surface area contributed by atoms with Crippen LogP contribution < -0.4 is 0 Å². The normalized spacial score (nSPS) is 22.1. The van der Waals surface area contributed by atoms with Crippen LogP contribution in [0.2, 0.25) is 0 Å². The number of carbonyl (C=O) groups is 1. The monoisotopic (exact) mass is 239 g/mol. The molecule has 1 aliphatic carbocycles. The number of rotatable bonds is 2. The van der Waals surface area contributed by atoms with Gasteiger partial charge < -0.3 is 5.11 Å². The Morgan fingerprint density at radius 2 is 2.17 bits per heavy atom. The van der Waals surface area contributed by atoms with E-state index in [4.69, 9.17) is 5.11 Å². The van der Waals surface area contributed by atoms with Gasteiger partial charge in [-0.15, -0.1) is 0 Å². The average Bonchev–Trinajstić information content (AvgIpc) is 2.39. The third kappa shape index (κ3) is 1.93. The van der Waals surface area contributed by atoms with E-state index < -0.39 is 11.4 Å². The van der Waals surface area contributed by atoms with E-state index in [0.717, 1.165) is 11.1 Å². The molecule has 0 fully saturated rings. The smallest absolute Gasteiger partial charge is 0.335 e. The van der Waals surface area contributed by atoms with Crippen LogP contribution in [0.5, 0.6) is 0 Å². The van der Waals surface area contributed by atoms with E-state index in [9.17, 15) is 10.1 Å². The Hall–Kier alpha value is -2.34. The minimum absolute atomic E-state index is 0.245. The third-order valence-electron chi connectivity index (χ3n) is 3.26. The molecule has 1 aromatic rings. The zero-order chi connectivity index (χ0) is 13.2. The quantitative estimate of drug-likeness (QED) is 0.863. The fourth-order valence-electron chi connectivity index (χ4n) is 2.21. The number of aliphatic carboxylic acids is 1. The molecule has 0 radical (unpaired) electrons. The van der Waals surface area contributed by atoms with Gasteiger partial charge in [0.15, 0.2) is 0 Å². The molecule has 3 nitrogen and oxygen atoms in total. The summed E-state index contributed by atoms with van der Waals surface area (Å²) in [7, 11) is 0. The van der Waals surface area contributed by atoms with Crippen molar-refractivity contribution < 1.29 is 9.90 Å². The van der Waals surface area contributed by atoms with Gasteiger partial charge in [-0.05, 0) is 24.5 Å². The average molecular weight is 239 g/mol. The highest BCUT2D eigenvalue weighted by molar-refractivity contribution is 5.90. The highest BCUT2D eigenvalue weighted by atomic mass is 16.4. The molecule has 0 saturated heterocycles. The van der Waals surface area contributed by atoms with Crippen molar-refractivity contribution in [2.75, 3.05) is 0 Å². The number of hydrogen-bond donors (Lipinski definition) is 1. The maximum absolute atomic E-state index is 10.9. The van der Waals surface area contributed by atoms with Gasteiger partial charge in [0.1, 0.15) is 5.41 Å². The Kier molecular flexibility index (Phi) is 3.03. The second-order valence-electron chi connectivity index (χ2n) is 4.40. The molecule has 3 heteroatoms. The molecule has 1 unspecified atom stereocenters. The number of nitrogens with zero attached hydrogens (tertiary/aromatic N) is 1. The molecule has 0 spiro atoms. The van der Waals surface area contributed by atoms with E-state index in [1.165, 1.54) is 6.08 Å². The van der Waals surface area contributed by atoms with Crippen LogP contribution in [-0.2, 0) is 10.2 Å². The van der Waals surface area contributed by atoms with Gasteiger partial charge in [0.05, 0.1) is 11.6 Å². The maximum atomic E-state index is 10.9. The number of carboxylic acid groups (broad SMARTS) is 1. The SMILES string of the molecule is Cc1ccccc1C1(C#N)C=CC(C(=O)O)=CC1. The highest BCUT2D eigenvalue weighted by Gasteiger charge is 2.32. The van der Waals surface area contributed by atoms with Gasteiger partial charge in [0.25, 0.3) is 0 Å². The summed E-state index contributed by atoms with van der Waals surface area (Å²) in [5, 5.41) is 18.4. The lowest BCUT2D eigenvalue weighted by Crippen LogP contribution is -2.24. The summed E-state index contributed by atoms with van der Waals surface area (Å²) in [6.07, 6.45) is 5.21. The molecule has 1 N–H and O–H groups in total. The molecule has 0 aliphatic heterocycles. The van der Waals surface area contributed by atoms with Crippen molar-refractivity contribution in [3.05, 3.63) is 59.2 Å². The van der Waals surface area contributed by atoms with E-state index in [1.54, 1.807) is 12.2 Å². The van der Waals surface area contributed by atoms with Crippen LogP contribution in [0.25, 0.3) is 0 Å². The Morgan fingerprint density at radius 3 is 2.67 bits per heavy atom. The number of carboxylic acids is 1. The summed E-state index contributed by atoms with van der Waals surface area (Å²) in [6.45, 7) is 1.96. The standard InChI is InChI=1S/C15H13NO2/c1-11-4-2-3-5-13(11)15(10-16)8-6-12(7-9-15)14(17)18/h2-8H,9H2,1H3,(H,17,18). The predicted octanol–water partition coefficient (Wildman–Crippen LogP) is 2.73. The van der Waals surface area contributed by atoms with Crippen LogP contribution >= 0.6 is 0 Å². The Morgan fingerprint density at radius 1 is 1.44 bits per heavy atom. The molecule has 0 amide bonds. The molecule has 0 bridgehead atoms. The van der Waals surface area contributed by atoms with Gasteiger partial charge in [-0.2, -0.15) is 5.26 Å². The summed E-state index contributed by atoms with van der Waals surface area (Å²) >= 11 is 0. The lowest BCUT2D eigenvalue weighted by molar-refractivity contribution is -0.132. The van der Waals surface area contributed by atoms with Crippen LogP contribution in [-0.4, -0.2) is 11.1 Å². The van der Waals surface area contributed by atoms with Crippen LogP contribution in [0, 0.1) is 18.3 Å². The van der Waals surface area contributed by atoms with Gasteiger partial charge in [0.2, 0.25) is 0 Å². The third-order valence-corrected chi connectivity index (χ3v) is 3.26. The summed E-state index contributed by atoms with van der Waals surface area (Å²) in [4.78, 5) is 10.9. The molecule has 90 valence electrons. The second kappa shape index (κ2) is 4.50. The fraction of sp³-hybridized carbons (Fsp3) is 0.200. The van der Waals surface area contributed by atoms with E-state index in [-0.39, 0.29) is 5.57 Å². The van der Waals surface area contributed by atoms with Crippen molar-refractivity contribution in [3.63, 3.8) is 0 Å². The summed E-state index contributed by atoms with van der Waals surface area (Å²) in [5.74, 6) is -0.956. The number of allylic oxidation sites excluding steroid dienone is 2. The zero-order valence-corrected chi connectivity index (χ0v) is 10.1. The predicted molar refractivity (Wildman–Crippen MR) is 67.9 cm³/mol. The van der Waals surface area contributed by atoms with Gasteiger partial charge in [-0.25, -0.2) is 4.79 Å². The van der Waals surface area contributed by atoms with Gasteiger partial charge in [-0.1, -0.05) is 42.5 Å². The number of nitriles is 1. The molecule has 1 aliphatic rings. The molecule has 0 heterocycles. The topological polar surface area (TPSA) is 61.1 Å². The van der Waals surface area contributed by atoms with E-state index in [0.29, 0.717) is 6.42 Å². The fourth-order valence-corrected chi connectivity index (χ4v) is 2.21. The van der Waals surface area contributed by atoms with Gasteiger partial charge in [0, 0.05) is 0 Å². The van der Waals surface area contributed by atoms with Gasteiger partial charge in [-0.3, -0.25) is 0 Å². The van der Waals surface area contributed by atoms with Crippen LogP contribution in [0.3, 0.4) is 0 Å². The molecule has 1 atom stereocenters. The second-order valence-corrected chi connectivity index (χ2v) is 4.40. The van der Waals surface area contributed by atoms with E-state index in [2.05, 4.69) is 6.07 Å². The molecular weight excluding hydrogens is 226 g/mol. The van der Waals surface area contributed by atoms with E-state index >= 15 is 0 Å². The Balaban J connectivity index is 2.44. The minimum Gasteiger partial charge on any atom is -0.478 e. The Bertz CT molecular complexity index is 593. The van der Waals surface area contributed by atoms with Crippen molar-refractivity contribution in [1.29, 1.82) is 5.26 Å². The largest absolute Gasteiger partial charge is 0.478 e. The van der Waals surface area contributed by atoms with Gasteiger partial charge >= 0.3 is 5.97 Å². The first-order valence-electron chi connectivity index (χ1n) is 5.69. The van der Waals surface area contributed by atoms with Crippen molar-refractivity contribution in [1.82, 2.24) is 0 Å². The molecule has 0 aromatic heterocycles. The molecule has 0 saturated carbocycles. The van der Waals surface area contributed by atoms with Crippen molar-refractivity contribution in [2.45, 2.75) is 18.8 Å². The first-order chi connectivity index (χ1) is 8.59. The molecule has 1 aromatic carbocycles. The molecular formula is C15H13NO2. The Labute approximate surface area is 106 Å². The minimum atomic E-state index is -0.956. The van der Waals surface area contributed by atoms with Crippen molar-refractivity contribution >= 4 is 5.97 Å². The number of benzene rings is 1. The van der Waals surface area contributed by atoms with Crippen LogP contribution in [0.15, 0.2) is 48.1 Å². The van der Waals surface area contributed by atoms with Crippen LogP contribution in [0.4, 0.5) is 0 Å². The first kappa shape index (κ1) is 12.1. The lowest BCUT2D eigenvalue weighted by atomic mass is 9.74. The van der Waals surface area contributed by atoms with E-state index in [1.807, 2.05) is 31.2 Å². The maximum Gasteiger partial charge on any atom is 0.335 e. The number of hydrogen-bond acceptors (Lipinski definition) is 2. The first-order valence-corrected chi connectivity index (χ1v) is 5.69. The summed E-state index contributed by atoms with van der Waals surface area (Å²) < 4.78 is 0. The molecule has 18 heavy (non-hydrogen) atoms. The van der Waals surface area contributed by atoms with Crippen molar-refractivity contribution in [3.8, 4) is 6.07 Å². The summed E-state index contributed by atoms with van der Waals surface area (Å²) in [5.41, 5.74) is 1.47. The zero-order valence-electron chi connectivity index (χ0n) is 10.1.